The summed E-state index contributed by atoms with van der Waals surface area (Å²) in [4.78, 5) is 23.8. The predicted molar refractivity (Wildman–Crippen MR) is 62.3 cm³/mol. The fourth-order valence-corrected chi connectivity index (χ4v) is 1.31. The fourth-order valence-electron chi connectivity index (χ4n) is 1.31. The minimum atomic E-state index is -0.842. The summed E-state index contributed by atoms with van der Waals surface area (Å²) >= 11 is 0. The van der Waals surface area contributed by atoms with Crippen molar-refractivity contribution in [3.63, 3.8) is 0 Å². The van der Waals surface area contributed by atoms with E-state index in [0.29, 0.717) is 13.1 Å². The normalized spacial score (nSPS) is 11.6. The number of aliphatic carboxylic acids is 1. The second-order valence-electron chi connectivity index (χ2n) is 4.69. The number of amides is 1. The Kier molecular flexibility index (Phi) is 6.03. The number of carboxylic acid groups (broad SMARTS) is 1. The van der Waals surface area contributed by atoms with Crippen molar-refractivity contribution in [2.75, 3.05) is 19.6 Å². The van der Waals surface area contributed by atoms with Gasteiger partial charge in [-0.05, 0) is 27.7 Å². The van der Waals surface area contributed by atoms with Crippen LogP contribution in [0.15, 0.2) is 0 Å². The Morgan fingerprint density at radius 2 is 1.88 bits per heavy atom. The maximum atomic E-state index is 11.4. The molecule has 0 saturated carbocycles. The van der Waals surface area contributed by atoms with Crippen LogP contribution in [-0.2, 0) is 9.59 Å². The number of nitrogens with zero attached hydrogens (tertiary/aromatic N) is 1. The van der Waals surface area contributed by atoms with Crippen LogP contribution in [0.3, 0.4) is 0 Å². The summed E-state index contributed by atoms with van der Waals surface area (Å²) in [5, 5.41) is 11.3. The third-order valence-corrected chi connectivity index (χ3v) is 2.25. The number of carbonyl (C=O) groups excluding carboxylic acids is 1. The van der Waals surface area contributed by atoms with E-state index in [1.807, 2.05) is 32.6 Å². The number of likely N-dealkylation sites (N-methyl/N-ethyl adjacent to an activating group) is 1. The summed E-state index contributed by atoms with van der Waals surface area (Å²) in [5.74, 6) is -0.909. The first kappa shape index (κ1) is 14.9. The minimum Gasteiger partial charge on any atom is -0.481 e. The smallest absolute Gasteiger partial charge is 0.304 e. The summed E-state index contributed by atoms with van der Waals surface area (Å²) in [6.45, 7) is 8.98. The van der Waals surface area contributed by atoms with Crippen LogP contribution < -0.4 is 5.32 Å². The highest BCUT2D eigenvalue weighted by Crippen LogP contribution is 2.13. The number of carbonyl (C=O) groups is 2. The molecule has 0 spiro atoms. The maximum absolute atomic E-state index is 11.4. The van der Waals surface area contributed by atoms with Crippen LogP contribution in [0.5, 0.6) is 0 Å². The van der Waals surface area contributed by atoms with Crippen LogP contribution >= 0.6 is 0 Å². The molecule has 5 nitrogen and oxygen atoms in total. The first-order chi connectivity index (χ1) is 7.27. The van der Waals surface area contributed by atoms with E-state index in [0.717, 1.165) is 0 Å². The van der Waals surface area contributed by atoms with Gasteiger partial charge in [-0.1, -0.05) is 0 Å². The molecule has 0 unspecified atom stereocenters. The highest BCUT2D eigenvalue weighted by Gasteiger charge is 2.23. The Balaban J connectivity index is 4.32. The van der Waals surface area contributed by atoms with Gasteiger partial charge in [-0.15, -0.1) is 0 Å². The molecule has 0 atom stereocenters. The van der Waals surface area contributed by atoms with Crippen molar-refractivity contribution < 1.29 is 14.7 Å². The molecular weight excluding hydrogens is 208 g/mol. The average Bonchev–Trinajstić information content (AvgIpc) is 2.10. The molecule has 0 aromatic heterocycles. The molecule has 0 heterocycles. The van der Waals surface area contributed by atoms with E-state index in [1.54, 1.807) is 0 Å². The van der Waals surface area contributed by atoms with Gasteiger partial charge in [0, 0.05) is 18.6 Å². The Morgan fingerprint density at radius 3 is 2.25 bits per heavy atom. The predicted octanol–water partition coefficient (Wildman–Crippen LogP) is 0.698. The molecule has 0 radical (unpaired) electrons. The van der Waals surface area contributed by atoms with Gasteiger partial charge in [0.1, 0.15) is 0 Å². The second-order valence-corrected chi connectivity index (χ2v) is 4.69. The molecule has 0 aromatic carbocycles. The van der Waals surface area contributed by atoms with E-state index in [2.05, 4.69) is 5.32 Å². The lowest BCUT2D eigenvalue weighted by Gasteiger charge is -2.34. The van der Waals surface area contributed by atoms with Gasteiger partial charge in [0.05, 0.1) is 13.0 Å². The van der Waals surface area contributed by atoms with Gasteiger partial charge in [-0.3, -0.25) is 14.5 Å². The van der Waals surface area contributed by atoms with Crippen molar-refractivity contribution in [1.82, 2.24) is 10.2 Å². The quantitative estimate of drug-likeness (QED) is 0.704. The first-order valence-corrected chi connectivity index (χ1v) is 5.51. The second kappa shape index (κ2) is 6.48. The summed E-state index contributed by atoms with van der Waals surface area (Å²) in [7, 11) is 0. The molecule has 0 aromatic rings. The molecule has 0 aliphatic rings. The molecule has 0 aliphatic carbocycles. The number of hydrogen-bond acceptors (Lipinski definition) is 3. The zero-order chi connectivity index (χ0) is 12.8. The Labute approximate surface area is 96.8 Å². The van der Waals surface area contributed by atoms with E-state index < -0.39 is 5.97 Å². The molecule has 0 fully saturated rings. The molecule has 0 saturated heterocycles. The largest absolute Gasteiger partial charge is 0.481 e. The molecule has 1 amide bonds. The molecule has 94 valence electrons. The van der Waals surface area contributed by atoms with E-state index in [9.17, 15) is 9.59 Å². The van der Waals surface area contributed by atoms with Crippen LogP contribution in [0, 0.1) is 0 Å². The van der Waals surface area contributed by atoms with Gasteiger partial charge in [0.2, 0.25) is 5.91 Å². The van der Waals surface area contributed by atoms with E-state index in [1.165, 1.54) is 0 Å². The van der Waals surface area contributed by atoms with Gasteiger partial charge < -0.3 is 10.4 Å². The van der Waals surface area contributed by atoms with Gasteiger partial charge in [0.25, 0.3) is 0 Å². The highest BCUT2D eigenvalue weighted by molar-refractivity contribution is 5.78. The number of carboxylic acids is 1. The van der Waals surface area contributed by atoms with Gasteiger partial charge in [-0.25, -0.2) is 0 Å². The van der Waals surface area contributed by atoms with Crippen molar-refractivity contribution >= 4 is 11.9 Å². The lowest BCUT2D eigenvalue weighted by atomic mass is 10.1. The molecule has 0 aliphatic heterocycles. The monoisotopic (exact) mass is 230 g/mol. The van der Waals surface area contributed by atoms with Crippen LogP contribution in [0.4, 0.5) is 0 Å². The van der Waals surface area contributed by atoms with Crippen molar-refractivity contribution in [1.29, 1.82) is 0 Å². The van der Waals surface area contributed by atoms with Crippen LogP contribution in [0.2, 0.25) is 0 Å². The Hall–Kier alpha value is -1.10. The van der Waals surface area contributed by atoms with E-state index in [-0.39, 0.29) is 24.4 Å². The van der Waals surface area contributed by atoms with Gasteiger partial charge in [0.15, 0.2) is 0 Å². The first-order valence-electron chi connectivity index (χ1n) is 5.51. The minimum absolute atomic E-state index is 0.0523. The summed E-state index contributed by atoms with van der Waals surface area (Å²) in [5.41, 5.74) is -0.208. The topological polar surface area (TPSA) is 69.6 Å². The Morgan fingerprint density at radius 1 is 1.31 bits per heavy atom. The zero-order valence-corrected chi connectivity index (χ0v) is 10.5. The summed E-state index contributed by atoms with van der Waals surface area (Å²) < 4.78 is 0. The molecular formula is C11H22N2O3. The molecule has 16 heavy (non-hydrogen) atoms. The van der Waals surface area contributed by atoms with Crippen LogP contribution in [-0.4, -0.2) is 47.1 Å². The van der Waals surface area contributed by atoms with Crippen LogP contribution in [0.1, 0.15) is 34.1 Å². The van der Waals surface area contributed by atoms with Crippen molar-refractivity contribution in [2.45, 2.75) is 39.7 Å². The molecule has 2 N–H and O–H groups in total. The van der Waals surface area contributed by atoms with Crippen molar-refractivity contribution in [3.05, 3.63) is 0 Å². The van der Waals surface area contributed by atoms with Crippen molar-refractivity contribution in [3.8, 4) is 0 Å². The SMILES string of the molecule is CCNC(=O)CN(CCC(=O)O)C(C)(C)C. The van der Waals surface area contributed by atoms with Gasteiger partial charge in [-0.2, -0.15) is 0 Å². The number of rotatable bonds is 6. The lowest BCUT2D eigenvalue weighted by molar-refractivity contribution is -0.138. The summed E-state index contributed by atoms with van der Waals surface area (Å²) in [6, 6.07) is 0. The average molecular weight is 230 g/mol. The van der Waals surface area contributed by atoms with Crippen LogP contribution in [0.25, 0.3) is 0 Å². The standard InChI is InChI=1S/C11H22N2O3/c1-5-12-9(14)8-13(11(2,3)4)7-6-10(15)16/h5-8H2,1-4H3,(H,12,14)(H,15,16). The molecule has 5 heteroatoms. The number of hydrogen-bond donors (Lipinski definition) is 2. The third kappa shape index (κ3) is 6.40. The molecule has 0 bridgehead atoms. The van der Waals surface area contributed by atoms with E-state index in [4.69, 9.17) is 5.11 Å². The van der Waals surface area contributed by atoms with Crippen molar-refractivity contribution in [2.24, 2.45) is 0 Å². The maximum Gasteiger partial charge on any atom is 0.304 e. The number of nitrogens with one attached hydrogen (secondary N) is 1. The Bertz CT molecular complexity index is 246. The summed E-state index contributed by atoms with van der Waals surface area (Å²) in [6.07, 6.45) is 0.0523. The fraction of sp³-hybridized carbons (Fsp3) is 0.818. The van der Waals surface area contributed by atoms with E-state index >= 15 is 0 Å². The van der Waals surface area contributed by atoms with Gasteiger partial charge >= 0.3 is 5.97 Å². The third-order valence-electron chi connectivity index (χ3n) is 2.25. The lowest BCUT2D eigenvalue weighted by Crippen LogP contribution is -2.48. The zero-order valence-electron chi connectivity index (χ0n) is 10.5. The highest BCUT2D eigenvalue weighted by atomic mass is 16.4. The molecule has 0 rings (SSSR count).